The third-order valence-electron chi connectivity index (χ3n) is 4.83. The molecule has 0 aliphatic heterocycles. The lowest BCUT2D eigenvalue weighted by atomic mass is 9.85. The van der Waals surface area contributed by atoms with E-state index in [4.69, 9.17) is 0 Å². The third kappa shape index (κ3) is 3.41. The van der Waals surface area contributed by atoms with E-state index >= 15 is 0 Å². The first kappa shape index (κ1) is 17.2. The summed E-state index contributed by atoms with van der Waals surface area (Å²) in [4.78, 5) is 2.33. The largest absolute Gasteiger partial charge is 0.315 e. The Bertz CT molecular complexity index is 411. The Morgan fingerprint density at radius 3 is 2.40 bits per heavy atom. The Kier molecular flexibility index (Phi) is 6.21. The molecule has 1 heterocycles. The number of nitrogens with one attached hydrogen (secondary N) is 1. The van der Waals surface area contributed by atoms with Crippen LogP contribution in [0.5, 0.6) is 0 Å². The number of rotatable bonds is 8. The van der Waals surface area contributed by atoms with E-state index in [1.807, 2.05) is 0 Å². The molecule has 116 valence electrons. The Labute approximate surface area is 124 Å². The van der Waals surface area contributed by atoms with Crippen molar-refractivity contribution in [1.82, 2.24) is 20.0 Å². The normalized spacial score (nSPS) is 16.4. The van der Waals surface area contributed by atoms with Crippen LogP contribution in [-0.4, -0.2) is 47.4 Å². The van der Waals surface area contributed by atoms with Crippen molar-refractivity contribution in [2.75, 3.05) is 21.1 Å². The molecule has 1 aromatic rings. The van der Waals surface area contributed by atoms with Crippen LogP contribution < -0.4 is 5.32 Å². The first-order valence-electron chi connectivity index (χ1n) is 7.83. The second kappa shape index (κ2) is 7.23. The number of aromatic nitrogens is 2. The molecule has 0 fully saturated rings. The minimum absolute atomic E-state index is 0.143. The maximum Gasteiger partial charge on any atom is 0.0624 e. The molecule has 0 saturated carbocycles. The average Bonchev–Trinajstić information content (AvgIpc) is 2.85. The summed E-state index contributed by atoms with van der Waals surface area (Å²) in [5, 5.41) is 8.18. The van der Waals surface area contributed by atoms with Crippen LogP contribution in [0.4, 0.5) is 0 Å². The Hall–Kier alpha value is -0.870. The molecule has 0 aliphatic rings. The number of aryl methyl sites for hydroxylation is 2. The van der Waals surface area contributed by atoms with E-state index < -0.39 is 0 Å². The number of hydrogen-bond acceptors (Lipinski definition) is 3. The molecule has 0 aliphatic carbocycles. The van der Waals surface area contributed by atoms with Crippen LogP contribution in [0.3, 0.4) is 0 Å². The Balaban J connectivity index is 3.01. The molecule has 0 bridgehead atoms. The first-order chi connectivity index (χ1) is 9.42. The number of hydrogen-bond donors (Lipinski definition) is 1. The molecule has 1 rings (SSSR count). The van der Waals surface area contributed by atoms with E-state index in [0.29, 0.717) is 6.04 Å². The third-order valence-corrected chi connectivity index (χ3v) is 4.83. The zero-order valence-corrected chi connectivity index (χ0v) is 14.3. The maximum absolute atomic E-state index is 4.66. The molecule has 1 N–H and O–H groups in total. The van der Waals surface area contributed by atoms with Crippen LogP contribution in [0.25, 0.3) is 0 Å². The number of nitrogens with zero attached hydrogens (tertiary/aromatic N) is 3. The summed E-state index contributed by atoms with van der Waals surface area (Å²) >= 11 is 0. The van der Waals surface area contributed by atoms with Crippen LogP contribution in [0.1, 0.15) is 45.5 Å². The van der Waals surface area contributed by atoms with E-state index in [2.05, 4.69) is 74.9 Å². The summed E-state index contributed by atoms with van der Waals surface area (Å²) in [7, 11) is 6.40. The molecule has 2 unspecified atom stereocenters. The van der Waals surface area contributed by atoms with E-state index in [0.717, 1.165) is 25.8 Å². The van der Waals surface area contributed by atoms with Crippen molar-refractivity contribution in [1.29, 1.82) is 0 Å². The van der Waals surface area contributed by atoms with Crippen molar-refractivity contribution in [3.05, 3.63) is 17.5 Å². The fourth-order valence-corrected chi connectivity index (χ4v) is 2.84. The summed E-state index contributed by atoms with van der Waals surface area (Å²) in [6.45, 7) is 9.87. The predicted octanol–water partition coefficient (Wildman–Crippen LogP) is 2.33. The van der Waals surface area contributed by atoms with E-state index in [9.17, 15) is 0 Å². The van der Waals surface area contributed by atoms with Crippen molar-refractivity contribution in [2.45, 2.75) is 65.1 Å². The van der Waals surface area contributed by atoms with Crippen molar-refractivity contribution in [3.8, 4) is 0 Å². The highest BCUT2D eigenvalue weighted by atomic mass is 15.3. The van der Waals surface area contributed by atoms with E-state index in [1.54, 1.807) is 0 Å². The Morgan fingerprint density at radius 2 is 2.00 bits per heavy atom. The van der Waals surface area contributed by atoms with Crippen LogP contribution >= 0.6 is 0 Å². The first-order valence-corrected chi connectivity index (χ1v) is 7.83. The summed E-state index contributed by atoms with van der Waals surface area (Å²) in [5.74, 6) is 0. The van der Waals surface area contributed by atoms with Crippen LogP contribution in [0.15, 0.2) is 6.07 Å². The lowest BCUT2D eigenvalue weighted by Crippen LogP contribution is -2.57. The fraction of sp³-hybridized carbons (Fsp3) is 0.812. The average molecular weight is 280 g/mol. The van der Waals surface area contributed by atoms with Crippen LogP contribution in [-0.2, 0) is 19.4 Å². The molecule has 2 atom stereocenters. The molecule has 0 aromatic carbocycles. The highest BCUT2D eigenvalue weighted by Crippen LogP contribution is 2.24. The smallest absolute Gasteiger partial charge is 0.0624 e. The van der Waals surface area contributed by atoms with Crippen molar-refractivity contribution >= 4 is 0 Å². The van der Waals surface area contributed by atoms with Gasteiger partial charge in [0.2, 0.25) is 0 Å². The molecule has 1 aromatic heterocycles. The van der Waals surface area contributed by atoms with Gasteiger partial charge < -0.3 is 10.2 Å². The van der Waals surface area contributed by atoms with E-state index in [-0.39, 0.29) is 5.54 Å². The van der Waals surface area contributed by atoms with Crippen molar-refractivity contribution in [2.24, 2.45) is 0 Å². The zero-order chi connectivity index (χ0) is 15.3. The van der Waals surface area contributed by atoms with Gasteiger partial charge in [0.25, 0.3) is 0 Å². The van der Waals surface area contributed by atoms with Gasteiger partial charge in [0, 0.05) is 30.2 Å². The van der Waals surface area contributed by atoms with Crippen LogP contribution in [0.2, 0.25) is 0 Å². The van der Waals surface area contributed by atoms with Gasteiger partial charge in [0.05, 0.1) is 5.69 Å². The van der Waals surface area contributed by atoms with E-state index in [1.165, 1.54) is 11.4 Å². The molecule has 4 nitrogen and oxygen atoms in total. The van der Waals surface area contributed by atoms with Gasteiger partial charge in [-0.2, -0.15) is 5.10 Å². The lowest BCUT2D eigenvalue weighted by molar-refractivity contribution is 0.115. The van der Waals surface area contributed by atoms with Crippen molar-refractivity contribution < 1.29 is 0 Å². The maximum atomic E-state index is 4.66. The summed E-state index contributed by atoms with van der Waals surface area (Å²) < 4.78 is 2.15. The fourth-order valence-electron chi connectivity index (χ4n) is 2.84. The molecular formula is C16H32N4. The van der Waals surface area contributed by atoms with Gasteiger partial charge in [-0.1, -0.05) is 13.8 Å². The molecule has 0 amide bonds. The monoisotopic (exact) mass is 280 g/mol. The topological polar surface area (TPSA) is 33.1 Å². The highest BCUT2D eigenvalue weighted by molar-refractivity contribution is 5.14. The molecule has 0 radical (unpaired) electrons. The minimum Gasteiger partial charge on any atom is -0.315 e. The van der Waals surface area contributed by atoms with Gasteiger partial charge in [-0.25, -0.2) is 0 Å². The highest BCUT2D eigenvalue weighted by Gasteiger charge is 2.34. The SMILES string of the molecule is CCc1cc(CC(NC)C(C)(CC)N(C)C)n(CC)n1. The second-order valence-corrected chi connectivity index (χ2v) is 5.95. The van der Waals surface area contributed by atoms with Gasteiger partial charge in [-0.05, 0) is 53.9 Å². The Morgan fingerprint density at radius 1 is 1.35 bits per heavy atom. The predicted molar refractivity (Wildman–Crippen MR) is 86.2 cm³/mol. The standard InChI is InChI=1S/C16H32N4/c1-8-13-11-14(20(10-3)18-13)12-15(17-5)16(4,9-2)19(6)7/h11,15,17H,8-10,12H2,1-7H3. The second-order valence-electron chi connectivity index (χ2n) is 5.95. The van der Waals surface area contributed by atoms with Gasteiger partial charge in [0.1, 0.15) is 0 Å². The lowest BCUT2D eigenvalue weighted by Gasteiger charge is -2.42. The molecule has 0 spiro atoms. The summed E-state index contributed by atoms with van der Waals surface area (Å²) in [6, 6.07) is 2.67. The zero-order valence-electron chi connectivity index (χ0n) is 14.3. The van der Waals surface area contributed by atoms with Gasteiger partial charge >= 0.3 is 0 Å². The van der Waals surface area contributed by atoms with Gasteiger partial charge in [-0.15, -0.1) is 0 Å². The molecule has 20 heavy (non-hydrogen) atoms. The quantitative estimate of drug-likeness (QED) is 0.793. The summed E-state index contributed by atoms with van der Waals surface area (Å²) in [6.07, 6.45) is 3.13. The molecular weight excluding hydrogens is 248 g/mol. The van der Waals surface area contributed by atoms with Crippen LogP contribution in [0, 0.1) is 0 Å². The number of likely N-dealkylation sites (N-methyl/N-ethyl adjacent to an activating group) is 2. The summed E-state index contributed by atoms with van der Waals surface area (Å²) in [5.41, 5.74) is 2.68. The van der Waals surface area contributed by atoms with Crippen molar-refractivity contribution in [3.63, 3.8) is 0 Å². The molecule has 4 heteroatoms. The molecule has 0 saturated heterocycles. The minimum atomic E-state index is 0.143. The van der Waals surface area contributed by atoms with Gasteiger partial charge in [-0.3, -0.25) is 4.68 Å². The van der Waals surface area contributed by atoms with Gasteiger partial charge in [0.15, 0.2) is 0 Å².